The molecule has 8 heteroatoms. The summed E-state index contributed by atoms with van der Waals surface area (Å²) in [5, 5.41) is 0. The van der Waals surface area contributed by atoms with Gasteiger partial charge in [0.2, 0.25) is 0 Å². The third kappa shape index (κ3) is 5.25. The summed E-state index contributed by atoms with van der Waals surface area (Å²) in [5.41, 5.74) is 0.948. The van der Waals surface area contributed by atoms with Gasteiger partial charge in [0, 0.05) is 12.1 Å². The van der Waals surface area contributed by atoms with Crippen molar-refractivity contribution in [3.63, 3.8) is 0 Å². The molecule has 32 heavy (non-hydrogen) atoms. The highest BCUT2D eigenvalue weighted by Crippen LogP contribution is 2.34. The summed E-state index contributed by atoms with van der Waals surface area (Å²) in [6.45, 7) is 1.04. The summed E-state index contributed by atoms with van der Waals surface area (Å²) in [4.78, 5) is 39.7. The Morgan fingerprint density at radius 2 is 1.56 bits per heavy atom. The molecule has 1 aliphatic rings. The standard InChI is InChI=1S/C24H23IN2O5/c25-19-12-27(24(30)26-23(19)29)20-11-18(15-31-13-16-7-3-1-4-8-16)22(21(20)28)32-14-17-9-5-2-6-10-17/h1-10,12,18,20,22H,11,13-15H2,(H,26,29,30)/t18-,20-,22-/m1/s1. The van der Waals surface area contributed by atoms with E-state index in [0.717, 1.165) is 11.1 Å². The van der Waals surface area contributed by atoms with Crippen LogP contribution in [0.5, 0.6) is 0 Å². The number of aromatic nitrogens is 2. The minimum Gasteiger partial charge on any atom is -0.376 e. The topological polar surface area (TPSA) is 90.4 Å². The molecule has 7 nitrogen and oxygen atoms in total. The number of ether oxygens (including phenoxy) is 2. The normalized spacial score (nSPS) is 20.5. The largest absolute Gasteiger partial charge is 0.376 e. The Kier molecular flexibility index (Phi) is 7.33. The van der Waals surface area contributed by atoms with Crippen molar-refractivity contribution in [3.05, 3.63) is 102 Å². The summed E-state index contributed by atoms with van der Waals surface area (Å²) >= 11 is 1.85. The number of ketones is 1. The molecule has 3 atom stereocenters. The monoisotopic (exact) mass is 546 g/mol. The maximum atomic E-state index is 13.3. The van der Waals surface area contributed by atoms with Crippen LogP contribution in [0.1, 0.15) is 23.6 Å². The number of nitrogens with one attached hydrogen (secondary N) is 1. The fourth-order valence-corrected chi connectivity index (χ4v) is 4.36. The van der Waals surface area contributed by atoms with E-state index in [1.807, 2.05) is 83.3 Å². The number of hydrogen-bond donors (Lipinski definition) is 1. The zero-order valence-electron chi connectivity index (χ0n) is 17.3. The van der Waals surface area contributed by atoms with Crippen LogP contribution in [-0.4, -0.2) is 28.0 Å². The first-order valence-electron chi connectivity index (χ1n) is 10.3. The lowest BCUT2D eigenvalue weighted by atomic mass is 10.1. The predicted octanol–water partition coefficient (Wildman–Crippen LogP) is 3.07. The molecule has 4 rings (SSSR count). The summed E-state index contributed by atoms with van der Waals surface area (Å²) in [6, 6.07) is 18.7. The summed E-state index contributed by atoms with van der Waals surface area (Å²) < 4.78 is 13.6. The van der Waals surface area contributed by atoms with E-state index in [0.29, 0.717) is 23.2 Å². The predicted molar refractivity (Wildman–Crippen MR) is 127 cm³/mol. The molecule has 0 bridgehead atoms. The number of halogens is 1. The number of rotatable bonds is 8. The molecule has 0 amide bonds. The molecule has 1 heterocycles. The zero-order valence-corrected chi connectivity index (χ0v) is 19.4. The van der Waals surface area contributed by atoms with Crippen LogP contribution < -0.4 is 11.2 Å². The maximum absolute atomic E-state index is 13.3. The first-order chi connectivity index (χ1) is 15.5. The highest BCUT2D eigenvalue weighted by atomic mass is 127. The number of nitrogens with zero attached hydrogens (tertiary/aromatic N) is 1. The fourth-order valence-electron chi connectivity index (χ4n) is 3.93. The van der Waals surface area contributed by atoms with Crippen molar-refractivity contribution in [1.29, 1.82) is 0 Å². The molecular formula is C24H23IN2O5. The summed E-state index contributed by atoms with van der Waals surface area (Å²) in [6.07, 6.45) is 1.13. The smallest absolute Gasteiger partial charge is 0.329 e. The lowest BCUT2D eigenvalue weighted by Gasteiger charge is -2.19. The highest BCUT2D eigenvalue weighted by Gasteiger charge is 2.44. The number of hydrogen-bond acceptors (Lipinski definition) is 5. The van der Waals surface area contributed by atoms with Crippen LogP contribution in [0.15, 0.2) is 76.4 Å². The second kappa shape index (κ2) is 10.4. The molecule has 1 aromatic heterocycles. The van der Waals surface area contributed by atoms with Gasteiger partial charge in [-0.3, -0.25) is 19.1 Å². The number of carbonyl (C=O) groups excluding carboxylic acids is 1. The first kappa shape index (κ1) is 22.6. The highest BCUT2D eigenvalue weighted by molar-refractivity contribution is 14.1. The van der Waals surface area contributed by atoms with Crippen molar-refractivity contribution in [2.24, 2.45) is 5.92 Å². The van der Waals surface area contributed by atoms with Gasteiger partial charge in [-0.1, -0.05) is 60.7 Å². The minimum absolute atomic E-state index is 0.181. The lowest BCUT2D eigenvalue weighted by molar-refractivity contribution is -0.133. The van der Waals surface area contributed by atoms with E-state index in [4.69, 9.17) is 9.47 Å². The van der Waals surface area contributed by atoms with Gasteiger partial charge in [0.15, 0.2) is 5.78 Å². The Hall–Kier alpha value is -2.56. The van der Waals surface area contributed by atoms with E-state index in [9.17, 15) is 14.4 Å². The maximum Gasteiger partial charge on any atom is 0.329 e. The average Bonchev–Trinajstić information content (AvgIpc) is 3.11. The van der Waals surface area contributed by atoms with Crippen LogP contribution in [0.4, 0.5) is 0 Å². The van der Waals surface area contributed by atoms with Crippen LogP contribution >= 0.6 is 22.6 Å². The Bertz CT molecular complexity index is 1180. The molecule has 0 radical (unpaired) electrons. The molecule has 1 saturated carbocycles. The SMILES string of the molecule is O=C1[C@H](n2cc(I)c(=O)[nH]c2=O)C[C@H](COCc2ccccc2)[C@H]1OCc1ccccc1. The molecule has 0 unspecified atom stereocenters. The van der Waals surface area contributed by atoms with Crippen molar-refractivity contribution in [1.82, 2.24) is 9.55 Å². The molecular weight excluding hydrogens is 523 g/mol. The van der Waals surface area contributed by atoms with Crippen LogP contribution in [0, 0.1) is 9.49 Å². The Morgan fingerprint density at radius 1 is 0.938 bits per heavy atom. The number of benzene rings is 2. The van der Waals surface area contributed by atoms with E-state index in [-0.39, 0.29) is 18.3 Å². The molecule has 0 saturated heterocycles. The molecule has 0 aliphatic heterocycles. The van der Waals surface area contributed by atoms with Crippen LogP contribution in [-0.2, 0) is 27.5 Å². The van der Waals surface area contributed by atoms with Gasteiger partial charge < -0.3 is 9.47 Å². The second-order valence-electron chi connectivity index (χ2n) is 7.78. The third-order valence-electron chi connectivity index (χ3n) is 5.54. The third-order valence-corrected chi connectivity index (χ3v) is 6.31. The number of Topliss-reactive ketones (excluding diaryl/α,β-unsaturated/α-hetero) is 1. The van der Waals surface area contributed by atoms with Crippen molar-refractivity contribution in [2.75, 3.05) is 6.61 Å². The lowest BCUT2D eigenvalue weighted by Crippen LogP contribution is -2.36. The molecule has 166 valence electrons. The minimum atomic E-state index is -0.709. The Morgan fingerprint density at radius 3 is 2.22 bits per heavy atom. The van der Waals surface area contributed by atoms with E-state index < -0.39 is 23.4 Å². The Labute approximate surface area is 198 Å². The van der Waals surface area contributed by atoms with E-state index in [1.165, 1.54) is 10.8 Å². The van der Waals surface area contributed by atoms with Crippen LogP contribution in [0.3, 0.4) is 0 Å². The van der Waals surface area contributed by atoms with Crippen LogP contribution in [0.25, 0.3) is 0 Å². The van der Waals surface area contributed by atoms with Gasteiger partial charge in [0.25, 0.3) is 5.56 Å². The van der Waals surface area contributed by atoms with Gasteiger partial charge in [0.05, 0.1) is 29.4 Å². The van der Waals surface area contributed by atoms with Gasteiger partial charge in [-0.2, -0.15) is 0 Å². The quantitative estimate of drug-likeness (QED) is 0.439. The number of aromatic amines is 1. The van der Waals surface area contributed by atoms with E-state index >= 15 is 0 Å². The number of H-pyrrole nitrogens is 1. The van der Waals surface area contributed by atoms with Crippen molar-refractivity contribution < 1.29 is 14.3 Å². The van der Waals surface area contributed by atoms with Gasteiger partial charge in [-0.25, -0.2) is 4.79 Å². The zero-order chi connectivity index (χ0) is 22.5. The average molecular weight is 546 g/mol. The molecule has 0 spiro atoms. The van der Waals surface area contributed by atoms with Gasteiger partial charge in [-0.15, -0.1) is 0 Å². The summed E-state index contributed by atoms with van der Waals surface area (Å²) in [5.74, 6) is -0.393. The molecule has 1 fully saturated rings. The van der Waals surface area contributed by atoms with Crippen LogP contribution in [0.2, 0.25) is 0 Å². The number of carbonyl (C=O) groups is 1. The molecule has 3 aromatic rings. The van der Waals surface area contributed by atoms with Gasteiger partial charge in [-0.05, 0) is 40.1 Å². The van der Waals surface area contributed by atoms with Gasteiger partial charge >= 0.3 is 5.69 Å². The second-order valence-corrected chi connectivity index (χ2v) is 8.94. The molecule has 1 N–H and O–H groups in total. The van der Waals surface area contributed by atoms with E-state index in [1.54, 1.807) is 0 Å². The fraction of sp³-hybridized carbons (Fsp3) is 0.292. The first-order valence-corrected chi connectivity index (χ1v) is 11.4. The Balaban J connectivity index is 1.52. The van der Waals surface area contributed by atoms with E-state index in [2.05, 4.69) is 4.98 Å². The summed E-state index contributed by atoms with van der Waals surface area (Å²) in [7, 11) is 0. The van der Waals surface area contributed by atoms with Gasteiger partial charge in [0.1, 0.15) is 6.10 Å². The van der Waals surface area contributed by atoms with Crippen molar-refractivity contribution in [3.8, 4) is 0 Å². The molecule has 2 aromatic carbocycles. The molecule has 1 aliphatic carbocycles. The van der Waals surface area contributed by atoms with Crippen molar-refractivity contribution >= 4 is 28.4 Å². The van der Waals surface area contributed by atoms with Crippen molar-refractivity contribution in [2.45, 2.75) is 31.8 Å².